The summed E-state index contributed by atoms with van der Waals surface area (Å²) >= 11 is 4.14. The van der Waals surface area contributed by atoms with Crippen molar-refractivity contribution in [3.8, 4) is 0 Å². The minimum absolute atomic E-state index is 0.212. The standard InChI is InChI=1S/C10H8BrNO2S/c1-6-3-2-4-7(5-6)12-9(13)8(11)15-10(12)14/h2-5,8H,1H3/t8-/m0/s1. The molecule has 0 N–H and O–H groups in total. The summed E-state index contributed by atoms with van der Waals surface area (Å²) in [7, 11) is 0. The molecule has 0 saturated carbocycles. The monoisotopic (exact) mass is 285 g/mol. The number of thioether (sulfide) groups is 1. The molecule has 1 aliphatic rings. The summed E-state index contributed by atoms with van der Waals surface area (Å²) < 4.78 is -0.453. The average Bonchev–Trinajstić information content (AvgIpc) is 2.41. The molecule has 1 aromatic carbocycles. The van der Waals surface area contributed by atoms with E-state index in [9.17, 15) is 9.59 Å². The highest BCUT2D eigenvalue weighted by atomic mass is 79.9. The zero-order chi connectivity index (χ0) is 11.0. The molecule has 0 unspecified atom stereocenters. The highest BCUT2D eigenvalue weighted by Gasteiger charge is 2.38. The van der Waals surface area contributed by atoms with Crippen molar-refractivity contribution in [1.29, 1.82) is 0 Å². The minimum Gasteiger partial charge on any atom is -0.272 e. The van der Waals surface area contributed by atoms with E-state index in [1.54, 1.807) is 6.07 Å². The van der Waals surface area contributed by atoms with E-state index in [-0.39, 0.29) is 11.1 Å². The third kappa shape index (κ3) is 1.94. The summed E-state index contributed by atoms with van der Waals surface area (Å²) in [4.78, 5) is 24.4. The van der Waals surface area contributed by atoms with Crippen molar-refractivity contribution >= 4 is 44.5 Å². The molecular weight excluding hydrogens is 278 g/mol. The molecule has 0 aliphatic carbocycles. The maximum atomic E-state index is 11.7. The fourth-order valence-corrected chi connectivity index (χ4v) is 2.75. The molecule has 5 heteroatoms. The predicted octanol–water partition coefficient (Wildman–Crippen LogP) is 2.92. The number of halogens is 1. The van der Waals surface area contributed by atoms with E-state index in [2.05, 4.69) is 15.9 Å². The van der Waals surface area contributed by atoms with Gasteiger partial charge < -0.3 is 0 Å². The zero-order valence-electron chi connectivity index (χ0n) is 7.94. The van der Waals surface area contributed by atoms with Crippen molar-refractivity contribution in [2.24, 2.45) is 0 Å². The van der Waals surface area contributed by atoms with Crippen LogP contribution in [0.5, 0.6) is 0 Å². The first-order valence-corrected chi connectivity index (χ1v) is 6.14. The van der Waals surface area contributed by atoms with Crippen LogP contribution < -0.4 is 4.90 Å². The molecule has 1 aromatic rings. The molecular formula is C10H8BrNO2S. The molecule has 0 spiro atoms. The molecule has 15 heavy (non-hydrogen) atoms. The Morgan fingerprint density at radius 1 is 1.40 bits per heavy atom. The topological polar surface area (TPSA) is 37.4 Å². The molecule has 0 aromatic heterocycles. The molecule has 0 bridgehead atoms. The van der Waals surface area contributed by atoms with Crippen LogP contribution in [0, 0.1) is 6.92 Å². The predicted molar refractivity (Wildman–Crippen MR) is 64.4 cm³/mol. The van der Waals surface area contributed by atoms with E-state index in [1.807, 2.05) is 25.1 Å². The van der Waals surface area contributed by atoms with E-state index in [4.69, 9.17) is 0 Å². The average molecular weight is 286 g/mol. The molecule has 0 radical (unpaired) electrons. The fourth-order valence-electron chi connectivity index (χ4n) is 1.38. The quantitative estimate of drug-likeness (QED) is 0.745. The molecule has 3 nitrogen and oxygen atoms in total. The zero-order valence-corrected chi connectivity index (χ0v) is 10.3. The first-order chi connectivity index (χ1) is 7.09. The van der Waals surface area contributed by atoms with Gasteiger partial charge in [-0.25, -0.2) is 4.90 Å². The minimum atomic E-state index is -0.453. The summed E-state index contributed by atoms with van der Waals surface area (Å²) in [5.74, 6) is -0.212. The Balaban J connectivity index is 2.39. The van der Waals surface area contributed by atoms with Crippen LogP contribution in [0.4, 0.5) is 10.5 Å². The summed E-state index contributed by atoms with van der Waals surface area (Å²) in [5, 5.41) is -0.229. The van der Waals surface area contributed by atoms with Crippen molar-refractivity contribution in [1.82, 2.24) is 0 Å². The van der Waals surface area contributed by atoms with Gasteiger partial charge in [0.1, 0.15) is 4.16 Å². The van der Waals surface area contributed by atoms with Gasteiger partial charge >= 0.3 is 0 Å². The number of rotatable bonds is 1. The number of aryl methyl sites for hydroxylation is 1. The molecule has 2 amide bonds. The van der Waals surface area contributed by atoms with Gasteiger partial charge in [0.2, 0.25) is 0 Å². The van der Waals surface area contributed by atoms with Crippen LogP contribution in [-0.2, 0) is 4.79 Å². The molecule has 2 rings (SSSR count). The molecule has 78 valence electrons. The molecule has 1 saturated heterocycles. The number of nitrogens with zero attached hydrogens (tertiary/aromatic N) is 1. The van der Waals surface area contributed by atoms with Crippen LogP contribution >= 0.6 is 27.7 Å². The third-order valence-corrected chi connectivity index (χ3v) is 3.81. The fraction of sp³-hybridized carbons (Fsp3) is 0.200. The van der Waals surface area contributed by atoms with Crippen molar-refractivity contribution in [3.05, 3.63) is 29.8 Å². The van der Waals surface area contributed by atoms with E-state index < -0.39 is 4.16 Å². The van der Waals surface area contributed by atoms with Gasteiger partial charge in [0, 0.05) is 0 Å². The normalized spacial score (nSPS) is 21.2. The van der Waals surface area contributed by atoms with Crippen LogP contribution in [0.15, 0.2) is 24.3 Å². The Kier molecular flexibility index (Phi) is 2.84. The Labute approximate surface area is 100.0 Å². The lowest BCUT2D eigenvalue weighted by molar-refractivity contribution is -0.115. The maximum Gasteiger partial charge on any atom is 0.294 e. The second kappa shape index (κ2) is 3.98. The number of amides is 2. The van der Waals surface area contributed by atoms with Crippen LogP contribution in [0.25, 0.3) is 0 Å². The van der Waals surface area contributed by atoms with Crippen LogP contribution in [0.1, 0.15) is 5.56 Å². The van der Waals surface area contributed by atoms with Crippen LogP contribution in [0.3, 0.4) is 0 Å². The lowest BCUT2D eigenvalue weighted by atomic mass is 10.2. The molecule has 1 heterocycles. The van der Waals surface area contributed by atoms with E-state index in [1.165, 1.54) is 4.90 Å². The SMILES string of the molecule is Cc1cccc(N2C(=O)S[C@H](Br)C2=O)c1. The van der Waals surface area contributed by atoms with Crippen molar-refractivity contribution in [3.63, 3.8) is 0 Å². The van der Waals surface area contributed by atoms with E-state index >= 15 is 0 Å². The Hall–Kier alpha value is -0.810. The summed E-state index contributed by atoms with van der Waals surface area (Å²) in [6.45, 7) is 1.92. The van der Waals surface area contributed by atoms with Crippen molar-refractivity contribution < 1.29 is 9.59 Å². The second-order valence-corrected chi connectivity index (χ2v) is 5.79. The highest BCUT2D eigenvalue weighted by Crippen LogP contribution is 2.34. The smallest absolute Gasteiger partial charge is 0.272 e. The maximum absolute atomic E-state index is 11.7. The number of imide groups is 1. The van der Waals surface area contributed by atoms with Crippen molar-refractivity contribution in [2.45, 2.75) is 11.1 Å². The van der Waals surface area contributed by atoms with E-state index in [0.29, 0.717) is 5.69 Å². The molecule has 1 aliphatic heterocycles. The number of hydrogen-bond acceptors (Lipinski definition) is 3. The Morgan fingerprint density at radius 2 is 2.13 bits per heavy atom. The Bertz CT molecular complexity index is 435. The van der Waals surface area contributed by atoms with Gasteiger partial charge in [-0.1, -0.05) is 28.1 Å². The highest BCUT2D eigenvalue weighted by molar-refractivity contribution is 9.12. The van der Waals surface area contributed by atoms with Gasteiger partial charge in [-0.15, -0.1) is 0 Å². The molecule has 1 fully saturated rings. The number of alkyl halides is 1. The first-order valence-electron chi connectivity index (χ1n) is 4.35. The van der Waals surface area contributed by atoms with Crippen LogP contribution in [0.2, 0.25) is 0 Å². The number of carbonyl (C=O) groups is 2. The Morgan fingerprint density at radius 3 is 2.67 bits per heavy atom. The van der Waals surface area contributed by atoms with Gasteiger partial charge in [-0.3, -0.25) is 9.59 Å². The lowest BCUT2D eigenvalue weighted by Gasteiger charge is -2.13. The molecule has 1 atom stereocenters. The number of carbonyl (C=O) groups excluding carboxylic acids is 2. The van der Waals surface area contributed by atoms with Gasteiger partial charge in [0.15, 0.2) is 0 Å². The van der Waals surface area contributed by atoms with Gasteiger partial charge in [-0.2, -0.15) is 0 Å². The van der Waals surface area contributed by atoms with Crippen molar-refractivity contribution in [2.75, 3.05) is 4.90 Å². The lowest BCUT2D eigenvalue weighted by Crippen LogP contribution is -2.29. The largest absolute Gasteiger partial charge is 0.294 e. The number of benzene rings is 1. The first kappa shape index (κ1) is 10.7. The van der Waals surface area contributed by atoms with Gasteiger partial charge in [0.25, 0.3) is 11.1 Å². The van der Waals surface area contributed by atoms with Crippen LogP contribution in [-0.4, -0.2) is 15.3 Å². The van der Waals surface area contributed by atoms with Gasteiger partial charge in [0.05, 0.1) is 5.69 Å². The summed E-state index contributed by atoms with van der Waals surface area (Å²) in [6, 6.07) is 7.33. The summed E-state index contributed by atoms with van der Waals surface area (Å²) in [6.07, 6.45) is 0. The van der Waals surface area contributed by atoms with Gasteiger partial charge in [-0.05, 0) is 36.4 Å². The number of hydrogen-bond donors (Lipinski definition) is 0. The van der Waals surface area contributed by atoms with E-state index in [0.717, 1.165) is 17.3 Å². The summed E-state index contributed by atoms with van der Waals surface area (Å²) in [5.41, 5.74) is 1.66. The number of anilines is 1. The third-order valence-electron chi connectivity index (χ3n) is 2.06. The second-order valence-electron chi connectivity index (χ2n) is 3.21.